The second-order valence-corrected chi connectivity index (χ2v) is 7.98. The molecule has 1 atom stereocenters. The Labute approximate surface area is 179 Å². The molecule has 1 aliphatic heterocycles. The Kier molecular flexibility index (Phi) is 6.32. The molecular weight excluding hydrogens is 406 g/mol. The molecule has 1 unspecified atom stereocenters. The molecule has 1 amide bonds. The van der Waals surface area contributed by atoms with Crippen LogP contribution in [0, 0.1) is 0 Å². The average Bonchev–Trinajstić information content (AvgIpc) is 2.75. The largest absolute Gasteiger partial charge is 0.379 e. The van der Waals surface area contributed by atoms with E-state index in [2.05, 4.69) is 15.2 Å². The predicted octanol–water partition coefficient (Wildman–Crippen LogP) is 2.35. The van der Waals surface area contributed by atoms with E-state index in [1.807, 2.05) is 24.3 Å². The second kappa shape index (κ2) is 9.12. The SMILES string of the molecule is O=C1CCCc2[nH]c(=O)c(C(=O)NCC(c3ccccc3Cl)N3CCOCC3)cc21. The number of halogens is 1. The van der Waals surface area contributed by atoms with E-state index in [1.54, 1.807) is 0 Å². The number of nitrogens with one attached hydrogen (secondary N) is 2. The number of ketones is 1. The summed E-state index contributed by atoms with van der Waals surface area (Å²) in [4.78, 5) is 42.4. The van der Waals surface area contributed by atoms with Crippen molar-refractivity contribution >= 4 is 23.3 Å². The quantitative estimate of drug-likeness (QED) is 0.761. The van der Waals surface area contributed by atoms with Crippen LogP contribution in [0.25, 0.3) is 0 Å². The van der Waals surface area contributed by atoms with E-state index in [0.29, 0.717) is 48.8 Å². The van der Waals surface area contributed by atoms with E-state index in [1.165, 1.54) is 6.07 Å². The molecule has 30 heavy (non-hydrogen) atoms. The zero-order valence-corrected chi connectivity index (χ0v) is 17.3. The minimum Gasteiger partial charge on any atom is -0.379 e. The summed E-state index contributed by atoms with van der Waals surface area (Å²) in [5.41, 5.74) is 1.47. The first-order valence-electron chi connectivity index (χ1n) is 10.2. The molecular formula is C22H24ClN3O4. The van der Waals surface area contributed by atoms with Gasteiger partial charge in [0.15, 0.2) is 5.78 Å². The number of morpholine rings is 1. The molecule has 4 rings (SSSR count). The fourth-order valence-electron chi connectivity index (χ4n) is 4.10. The van der Waals surface area contributed by atoms with Gasteiger partial charge in [0.2, 0.25) is 0 Å². The van der Waals surface area contributed by atoms with Crippen molar-refractivity contribution in [1.82, 2.24) is 15.2 Å². The Morgan fingerprint density at radius 2 is 1.97 bits per heavy atom. The summed E-state index contributed by atoms with van der Waals surface area (Å²) in [5.74, 6) is -0.536. The number of Topliss-reactive ketones (excluding diaryl/α,β-unsaturated/α-hetero) is 1. The molecule has 1 saturated heterocycles. The van der Waals surface area contributed by atoms with Crippen molar-refractivity contribution in [3.8, 4) is 0 Å². The van der Waals surface area contributed by atoms with Gasteiger partial charge in [-0.3, -0.25) is 19.3 Å². The summed E-state index contributed by atoms with van der Waals surface area (Å²) in [6.07, 6.45) is 1.79. The highest BCUT2D eigenvalue weighted by atomic mass is 35.5. The summed E-state index contributed by atoms with van der Waals surface area (Å²) in [6.45, 7) is 2.95. The number of ether oxygens (including phenoxy) is 1. The first-order valence-corrected chi connectivity index (χ1v) is 10.6. The number of amides is 1. The first kappa shape index (κ1) is 20.8. The molecule has 2 N–H and O–H groups in total. The summed E-state index contributed by atoms with van der Waals surface area (Å²) in [7, 11) is 0. The standard InChI is InChI=1S/C22H24ClN3O4/c23-17-5-2-1-4-14(17)19(26-8-10-30-11-9-26)13-24-21(28)16-12-15-18(25-22(16)29)6-3-7-20(15)27/h1-2,4-5,12,19H,3,6-11,13H2,(H,24,28)(H,25,29). The van der Waals surface area contributed by atoms with Crippen LogP contribution in [0.15, 0.2) is 35.1 Å². The number of aromatic amines is 1. The van der Waals surface area contributed by atoms with E-state index >= 15 is 0 Å². The van der Waals surface area contributed by atoms with Crippen molar-refractivity contribution in [2.75, 3.05) is 32.8 Å². The van der Waals surface area contributed by atoms with Crippen LogP contribution in [-0.2, 0) is 11.2 Å². The molecule has 7 nitrogen and oxygen atoms in total. The minimum absolute atomic E-state index is 0.0381. The van der Waals surface area contributed by atoms with Gasteiger partial charge >= 0.3 is 0 Å². The van der Waals surface area contributed by atoms with Crippen molar-refractivity contribution in [1.29, 1.82) is 0 Å². The highest BCUT2D eigenvalue weighted by Gasteiger charge is 2.26. The molecule has 0 radical (unpaired) electrons. The number of fused-ring (bicyclic) bond motifs is 1. The van der Waals surface area contributed by atoms with E-state index < -0.39 is 11.5 Å². The molecule has 2 heterocycles. The highest BCUT2D eigenvalue weighted by molar-refractivity contribution is 6.31. The van der Waals surface area contributed by atoms with Crippen LogP contribution in [0.2, 0.25) is 5.02 Å². The smallest absolute Gasteiger partial charge is 0.261 e. The highest BCUT2D eigenvalue weighted by Crippen LogP contribution is 2.28. The Morgan fingerprint density at radius 1 is 1.20 bits per heavy atom. The molecule has 1 fully saturated rings. The van der Waals surface area contributed by atoms with Gasteiger partial charge in [0.05, 0.1) is 19.3 Å². The molecule has 1 aliphatic carbocycles. The summed E-state index contributed by atoms with van der Waals surface area (Å²) in [5, 5.41) is 3.50. The molecule has 0 spiro atoms. The second-order valence-electron chi connectivity index (χ2n) is 7.58. The van der Waals surface area contributed by atoms with Crippen molar-refractivity contribution in [3.63, 3.8) is 0 Å². The third-order valence-electron chi connectivity index (χ3n) is 5.71. The van der Waals surface area contributed by atoms with Crippen LogP contribution in [-0.4, -0.2) is 54.4 Å². The summed E-state index contributed by atoms with van der Waals surface area (Å²) in [6, 6.07) is 8.83. The van der Waals surface area contributed by atoms with E-state index in [-0.39, 0.29) is 23.9 Å². The van der Waals surface area contributed by atoms with Gasteiger partial charge in [-0.15, -0.1) is 0 Å². The number of pyridine rings is 1. The monoisotopic (exact) mass is 429 g/mol. The number of H-pyrrole nitrogens is 1. The zero-order valence-electron chi connectivity index (χ0n) is 16.6. The van der Waals surface area contributed by atoms with E-state index in [4.69, 9.17) is 16.3 Å². The maximum absolute atomic E-state index is 12.8. The van der Waals surface area contributed by atoms with Crippen LogP contribution in [0.5, 0.6) is 0 Å². The van der Waals surface area contributed by atoms with Gasteiger partial charge in [0.25, 0.3) is 11.5 Å². The third-order valence-corrected chi connectivity index (χ3v) is 6.05. The molecule has 8 heteroatoms. The van der Waals surface area contributed by atoms with Gasteiger partial charge in [0, 0.05) is 42.3 Å². The molecule has 158 valence electrons. The Bertz CT molecular complexity index is 1010. The van der Waals surface area contributed by atoms with Crippen molar-refractivity contribution < 1.29 is 14.3 Å². The van der Waals surface area contributed by atoms with Crippen molar-refractivity contribution in [2.45, 2.75) is 25.3 Å². The summed E-state index contributed by atoms with van der Waals surface area (Å²) >= 11 is 6.43. The number of carbonyl (C=O) groups excluding carboxylic acids is 2. The van der Waals surface area contributed by atoms with Crippen LogP contribution in [0.1, 0.15) is 50.9 Å². The van der Waals surface area contributed by atoms with Gasteiger partial charge < -0.3 is 15.0 Å². The molecule has 0 saturated carbocycles. The Morgan fingerprint density at radius 3 is 2.73 bits per heavy atom. The van der Waals surface area contributed by atoms with Gasteiger partial charge in [-0.1, -0.05) is 29.8 Å². The number of aromatic nitrogens is 1. The minimum atomic E-state index is -0.497. The maximum Gasteiger partial charge on any atom is 0.261 e. The fraction of sp³-hybridized carbons (Fsp3) is 0.409. The first-order chi connectivity index (χ1) is 14.5. The van der Waals surface area contributed by atoms with Gasteiger partial charge in [-0.2, -0.15) is 0 Å². The molecule has 1 aromatic carbocycles. The number of hydrogen-bond donors (Lipinski definition) is 2. The van der Waals surface area contributed by atoms with Gasteiger partial charge in [-0.25, -0.2) is 0 Å². The zero-order chi connectivity index (χ0) is 21.1. The number of carbonyl (C=O) groups is 2. The number of hydrogen-bond acceptors (Lipinski definition) is 5. The Hall–Kier alpha value is -2.48. The molecule has 2 aromatic rings. The predicted molar refractivity (Wildman–Crippen MR) is 113 cm³/mol. The lowest BCUT2D eigenvalue weighted by atomic mass is 9.93. The van der Waals surface area contributed by atoms with Crippen molar-refractivity contribution in [2.24, 2.45) is 0 Å². The van der Waals surface area contributed by atoms with E-state index in [0.717, 1.165) is 18.7 Å². The molecule has 0 bridgehead atoms. The van der Waals surface area contributed by atoms with Crippen LogP contribution >= 0.6 is 11.6 Å². The van der Waals surface area contributed by atoms with Gasteiger partial charge in [-0.05, 0) is 30.5 Å². The number of rotatable bonds is 5. The van der Waals surface area contributed by atoms with E-state index in [9.17, 15) is 14.4 Å². The fourth-order valence-corrected chi connectivity index (χ4v) is 4.36. The van der Waals surface area contributed by atoms with Crippen LogP contribution in [0.3, 0.4) is 0 Å². The lowest BCUT2D eigenvalue weighted by molar-refractivity contribution is 0.0162. The number of benzene rings is 1. The maximum atomic E-state index is 12.8. The summed E-state index contributed by atoms with van der Waals surface area (Å²) < 4.78 is 5.45. The lowest BCUT2D eigenvalue weighted by Crippen LogP contribution is -2.44. The normalized spacial score (nSPS) is 18.0. The number of aryl methyl sites for hydroxylation is 1. The molecule has 1 aromatic heterocycles. The lowest BCUT2D eigenvalue weighted by Gasteiger charge is -2.35. The number of nitrogens with zero attached hydrogens (tertiary/aromatic N) is 1. The topological polar surface area (TPSA) is 91.5 Å². The third kappa shape index (κ3) is 4.33. The Balaban J connectivity index is 1.56. The molecule has 2 aliphatic rings. The van der Waals surface area contributed by atoms with Crippen LogP contribution < -0.4 is 10.9 Å². The van der Waals surface area contributed by atoms with Crippen molar-refractivity contribution in [3.05, 3.63) is 68.1 Å². The van der Waals surface area contributed by atoms with Gasteiger partial charge in [0.1, 0.15) is 5.56 Å². The average molecular weight is 430 g/mol. The van der Waals surface area contributed by atoms with Crippen LogP contribution in [0.4, 0.5) is 0 Å².